The van der Waals surface area contributed by atoms with E-state index in [9.17, 15) is 4.79 Å². The van der Waals surface area contributed by atoms with Gasteiger partial charge in [0.1, 0.15) is 23.4 Å². The quantitative estimate of drug-likeness (QED) is 0.382. The number of ether oxygens (including phenoxy) is 5. The average Bonchev–Trinajstić information content (AvgIpc) is 3.69. The van der Waals surface area contributed by atoms with Crippen LogP contribution in [-0.2, 0) is 23.7 Å². The van der Waals surface area contributed by atoms with Crippen LogP contribution in [-0.4, -0.2) is 104 Å². The number of piperidine rings is 1. The number of fused-ring (bicyclic) bond motifs is 2. The fourth-order valence-electron chi connectivity index (χ4n) is 7.16. The van der Waals surface area contributed by atoms with Gasteiger partial charge in [0, 0.05) is 39.7 Å². The van der Waals surface area contributed by atoms with E-state index in [1.165, 1.54) is 12.0 Å². The van der Waals surface area contributed by atoms with Gasteiger partial charge in [0.15, 0.2) is 0 Å². The molecule has 1 amide bonds. The summed E-state index contributed by atoms with van der Waals surface area (Å²) in [6, 6.07) is 0. The topological polar surface area (TPSA) is 76.3 Å². The highest BCUT2D eigenvalue weighted by molar-refractivity contribution is 5.69. The Morgan fingerprint density at radius 1 is 1.17 bits per heavy atom. The molecule has 7 rings (SSSR count). The Morgan fingerprint density at radius 2 is 1.89 bits per heavy atom. The van der Waals surface area contributed by atoms with Gasteiger partial charge in [-0.15, -0.1) is 0 Å². The molecule has 6 saturated heterocycles. The highest BCUT2D eigenvalue weighted by atomic mass is 16.6. The number of hydrogen-bond donors (Lipinski definition) is 0. The number of allylic oxidation sites excluding steroid dienone is 1. The van der Waals surface area contributed by atoms with Gasteiger partial charge in [-0.2, -0.15) is 0 Å². The zero-order chi connectivity index (χ0) is 24.4. The molecule has 7 fully saturated rings. The summed E-state index contributed by atoms with van der Waals surface area (Å²) in [5, 5.41) is 0. The van der Waals surface area contributed by atoms with Crippen molar-refractivity contribution in [3.05, 3.63) is 11.6 Å². The molecule has 0 radical (unpaired) electrons. The average molecular weight is 491 g/mol. The lowest BCUT2D eigenvalue weighted by atomic mass is 9.68. The number of rotatable bonds is 8. The molecule has 0 N–H and O–H groups in total. The Hall–Kier alpha value is -1.19. The number of nitrogens with zero attached hydrogens (tertiary/aromatic N) is 2. The van der Waals surface area contributed by atoms with Crippen molar-refractivity contribution in [2.24, 2.45) is 11.8 Å². The van der Waals surface area contributed by atoms with Crippen molar-refractivity contribution in [2.45, 2.75) is 94.6 Å². The molecule has 8 heteroatoms. The van der Waals surface area contributed by atoms with Crippen LogP contribution in [0.1, 0.15) is 52.9 Å². The lowest BCUT2D eigenvalue weighted by molar-refractivity contribution is -0.181. The van der Waals surface area contributed by atoms with E-state index < -0.39 is 0 Å². The molecule has 7 aliphatic rings. The third kappa shape index (κ3) is 4.54. The minimum absolute atomic E-state index is 0.0611. The van der Waals surface area contributed by atoms with Gasteiger partial charge < -0.3 is 28.6 Å². The highest BCUT2D eigenvalue weighted by Gasteiger charge is 2.72. The Labute approximate surface area is 209 Å². The Bertz CT molecular complexity index is 835. The second-order valence-electron chi connectivity index (χ2n) is 12.2. The Balaban J connectivity index is 1.01. The van der Waals surface area contributed by atoms with Gasteiger partial charge in [-0.05, 0) is 58.9 Å². The lowest BCUT2D eigenvalue weighted by Gasteiger charge is -2.48. The van der Waals surface area contributed by atoms with E-state index in [4.69, 9.17) is 23.7 Å². The van der Waals surface area contributed by atoms with E-state index in [0.717, 1.165) is 65.0 Å². The van der Waals surface area contributed by atoms with Gasteiger partial charge in [-0.25, -0.2) is 4.79 Å². The number of amides is 1. The first-order valence-corrected chi connectivity index (χ1v) is 13.6. The summed E-state index contributed by atoms with van der Waals surface area (Å²) in [6.45, 7) is 12.0. The predicted octanol–water partition coefficient (Wildman–Crippen LogP) is 2.99. The summed E-state index contributed by atoms with van der Waals surface area (Å²) in [5.41, 5.74) is 0.796. The fourth-order valence-corrected chi connectivity index (χ4v) is 7.16. The molecule has 2 bridgehead atoms. The van der Waals surface area contributed by atoms with E-state index in [1.54, 1.807) is 7.11 Å². The van der Waals surface area contributed by atoms with Gasteiger partial charge in [0.25, 0.3) is 0 Å². The van der Waals surface area contributed by atoms with Gasteiger partial charge >= 0.3 is 6.09 Å². The number of methoxy groups -OCH3 is 1. The molecule has 8 atom stereocenters. The van der Waals surface area contributed by atoms with Crippen LogP contribution in [0.15, 0.2) is 11.6 Å². The molecule has 6 aliphatic heterocycles. The molecule has 0 aromatic rings. The summed E-state index contributed by atoms with van der Waals surface area (Å²) in [6.07, 6.45) is 7.55. The van der Waals surface area contributed by atoms with Crippen molar-refractivity contribution in [3.63, 3.8) is 0 Å². The van der Waals surface area contributed by atoms with Gasteiger partial charge in [-0.3, -0.25) is 4.90 Å². The maximum atomic E-state index is 13.0. The van der Waals surface area contributed by atoms with Crippen LogP contribution in [0.4, 0.5) is 4.79 Å². The summed E-state index contributed by atoms with van der Waals surface area (Å²) in [4.78, 5) is 17.4. The van der Waals surface area contributed by atoms with E-state index >= 15 is 0 Å². The van der Waals surface area contributed by atoms with Crippen LogP contribution in [0.2, 0.25) is 0 Å². The monoisotopic (exact) mass is 490 g/mol. The number of hydrogen-bond acceptors (Lipinski definition) is 7. The SMILES string of the molecule is COC1C(OC(=O)N2CC(CCN3C[C@H]4C[C@@H](C3)O4)C2)CCC2(CO2)C1[C@@]1(C)O[C@@H]1CC=C(C)C. The van der Waals surface area contributed by atoms with Crippen LogP contribution in [0, 0.1) is 11.8 Å². The van der Waals surface area contributed by atoms with Gasteiger partial charge in [-0.1, -0.05) is 11.6 Å². The Kier molecular flexibility index (Phi) is 6.20. The maximum absolute atomic E-state index is 13.0. The molecule has 6 heterocycles. The zero-order valence-electron chi connectivity index (χ0n) is 21.7. The molecule has 1 spiro atoms. The molecule has 196 valence electrons. The van der Waals surface area contributed by atoms with Gasteiger partial charge in [0.05, 0.1) is 30.8 Å². The minimum Gasteiger partial charge on any atom is -0.443 e. The number of morpholine rings is 1. The molecule has 35 heavy (non-hydrogen) atoms. The largest absolute Gasteiger partial charge is 0.443 e. The minimum atomic E-state index is -0.309. The standard InChI is InChI=1S/C27H42N2O6/c1-17(2)5-6-22-26(3,35-22)24-23(31-4)21(7-9-27(24)16-32-27)34-25(30)29-12-18(13-29)8-10-28-14-19-11-20(15-28)33-19/h5,18-24H,6-16H2,1-4H3/t19-,20+,21?,22-,23?,24?,26+,27?/m1/s1. The highest BCUT2D eigenvalue weighted by Crippen LogP contribution is 2.59. The predicted molar refractivity (Wildman–Crippen MR) is 129 cm³/mol. The second kappa shape index (κ2) is 8.98. The summed E-state index contributed by atoms with van der Waals surface area (Å²) in [7, 11) is 1.73. The molecular formula is C27H42N2O6. The van der Waals surface area contributed by atoms with Crippen LogP contribution >= 0.6 is 0 Å². The van der Waals surface area contributed by atoms with Crippen molar-refractivity contribution >= 4 is 6.09 Å². The summed E-state index contributed by atoms with van der Waals surface area (Å²) >= 11 is 0. The van der Waals surface area contributed by atoms with Crippen LogP contribution in [0.25, 0.3) is 0 Å². The van der Waals surface area contributed by atoms with Crippen molar-refractivity contribution in [3.8, 4) is 0 Å². The first kappa shape index (κ1) is 24.2. The number of carbonyl (C=O) groups is 1. The van der Waals surface area contributed by atoms with Crippen molar-refractivity contribution < 1.29 is 28.5 Å². The van der Waals surface area contributed by atoms with Crippen LogP contribution in [0.3, 0.4) is 0 Å². The van der Waals surface area contributed by atoms with E-state index in [1.807, 2.05) is 4.90 Å². The molecule has 8 nitrogen and oxygen atoms in total. The first-order chi connectivity index (χ1) is 16.8. The summed E-state index contributed by atoms with van der Waals surface area (Å²) in [5.74, 6) is 0.628. The molecule has 1 aliphatic carbocycles. The van der Waals surface area contributed by atoms with Crippen molar-refractivity contribution in [1.82, 2.24) is 9.80 Å². The third-order valence-corrected chi connectivity index (χ3v) is 9.39. The normalized spacial score (nSPS) is 44.4. The molecule has 1 saturated carbocycles. The van der Waals surface area contributed by atoms with Crippen molar-refractivity contribution in [1.29, 1.82) is 0 Å². The second-order valence-corrected chi connectivity index (χ2v) is 12.2. The number of carbonyl (C=O) groups excluding carboxylic acids is 1. The zero-order valence-corrected chi connectivity index (χ0v) is 21.7. The first-order valence-electron chi connectivity index (χ1n) is 13.6. The smallest absolute Gasteiger partial charge is 0.410 e. The molecular weight excluding hydrogens is 448 g/mol. The molecule has 4 unspecified atom stereocenters. The Morgan fingerprint density at radius 3 is 2.51 bits per heavy atom. The summed E-state index contributed by atoms with van der Waals surface area (Å²) < 4.78 is 30.1. The number of likely N-dealkylation sites (tertiary alicyclic amines) is 1. The lowest BCUT2D eigenvalue weighted by Crippen LogP contribution is -2.59. The van der Waals surface area contributed by atoms with Crippen LogP contribution in [0.5, 0.6) is 0 Å². The van der Waals surface area contributed by atoms with E-state index in [0.29, 0.717) is 18.1 Å². The molecule has 0 aromatic heterocycles. The number of epoxide rings is 2. The maximum Gasteiger partial charge on any atom is 0.410 e. The molecule has 0 aromatic carbocycles. The fraction of sp³-hybridized carbons (Fsp3) is 0.889. The van der Waals surface area contributed by atoms with Gasteiger partial charge in [0.2, 0.25) is 0 Å². The van der Waals surface area contributed by atoms with Crippen LogP contribution < -0.4 is 0 Å². The van der Waals surface area contributed by atoms with E-state index in [-0.39, 0.29) is 41.5 Å². The third-order valence-electron chi connectivity index (χ3n) is 9.39. The van der Waals surface area contributed by atoms with E-state index in [2.05, 4.69) is 31.7 Å². The van der Waals surface area contributed by atoms with Crippen molar-refractivity contribution in [2.75, 3.05) is 46.4 Å².